The summed E-state index contributed by atoms with van der Waals surface area (Å²) in [4.78, 5) is 1.23. The number of anilines is 2. The molecule has 0 spiro atoms. The minimum atomic E-state index is 0.783. The van der Waals surface area contributed by atoms with E-state index in [1.807, 2.05) is 12.1 Å². The lowest BCUT2D eigenvalue weighted by atomic mass is 10.3. The highest BCUT2D eigenvalue weighted by Crippen LogP contribution is 2.25. The number of benzene rings is 1. The van der Waals surface area contributed by atoms with Crippen molar-refractivity contribution in [3.8, 4) is 0 Å². The van der Waals surface area contributed by atoms with Gasteiger partial charge in [0.15, 0.2) is 3.92 Å². The lowest BCUT2D eigenvalue weighted by molar-refractivity contribution is 1.07. The zero-order valence-electron chi connectivity index (χ0n) is 7.90. The number of aromatic nitrogens is 2. The fourth-order valence-electron chi connectivity index (χ4n) is 1.08. The molecule has 0 aliphatic rings. The Hall–Kier alpha value is -0.590. The molecule has 15 heavy (non-hydrogen) atoms. The van der Waals surface area contributed by atoms with Crippen LogP contribution in [0.5, 0.6) is 0 Å². The summed E-state index contributed by atoms with van der Waals surface area (Å²) >= 11 is 6.46. The molecule has 0 bridgehead atoms. The van der Waals surface area contributed by atoms with Crippen LogP contribution in [0.4, 0.5) is 10.8 Å². The van der Waals surface area contributed by atoms with Gasteiger partial charge in [-0.15, -0.1) is 22.0 Å². The second-order valence-corrected chi connectivity index (χ2v) is 5.85. The number of rotatable bonds is 3. The first-order valence-corrected chi connectivity index (χ1v) is 7.01. The minimum Gasteiger partial charge on any atom is -0.330 e. The maximum Gasteiger partial charge on any atom is 0.210 e. The van der Waals surface area contributed by atoms with E-state index in [1.165, 1.54) is 16.2 Å². The van der Waals surface area contributed by atoms with E-state index in [0.29, 0.717) is 0 Å². The molecule has 78 valence electrons. The van der Waals surface area contributed by atoms with Crippen molar-refractivity contribution in [2.24, 2.45) is 0 Å². The van der Waals surface area contributed by atoms with E-state index in [4.69, 9.17) is 0 Å². The van der Waals surface area contributed by atoms with Gasteiger partial charge in [0, 0.05) is 10.6 Å². The molecule has 1 N–H and O–H groups in total. The Morgan fingerprint density at radius 3 is 2.93 bits per heavy atom. The Morgan fingerprint density at radius 1 is 1.40 bits per heavy atom. The fourth-order valence-corrected chi connectivity index (χ4v) is 2.57. The first-order valence-electron chi connectivity index (χ1n) is 4.18. The van der Waals surface area contributed by atoms with Gasteiger partial charge in [-0.3, -0.25) is 0 Å². The molecule has 2 aromatic rings. The van der Waals surface area contributed by atoms with Gasteiger partial charge in [0.2, 0.25) is 5.13 Å². The van der Waals surface area contributed by atoms with Crippen molar-refractivity contribution in [1.29, 1.82) is 0 Å². The molecule has 3 nitrogen and oxygen atoms in total. The molecule has 0 saturated carbocycles. The second kappa shape index (κ2) is 4.96. The van der Waals surface area contributed by atoms with Crippen LogP contribution >= 0.6 is 39.0 Å². The molecule has 0 aliphatic carbocycles. The third-order valence-corrected chi connectivity index (χ3v) is 3.72. The normalized spacial score (nSPS) is 10.3. The standard InChI is InChI=1S/C9H8BrN3S2/c1-14-7-4-2-3-6(5-7)11-9-13-12-8(10)15-9/h2-5H,1H3,(H,11,13). The maximum atomic E-state index is 3.97. The first-order chi connectivity index (χ1) is 7.28. The molecule has 1 heterocycles. The van der Waals surface area contributed by atoms with E-state index in [9.17, 15) is 0 Å². The number of nitrogens with zero attached hydrogens (tertiary/aromatic N) is 2. The maximum absolute atomic E-state index is 3.97. The number of halogens is 1. The van der Waals surface area contributed by atoms with Crippen molar-refractivity contribution in [3.05, 3.63) is 28.2 Å². The van der Waals surface area contributed by atoms with Crippen LogP contribution in [-0.4, -0.2) is 16.5 Å². The summed E-state index contributed by atoms with van der Waals surface area (Å²) in [5.41, 5.74) is 1.03. The van der Waals surface area contributed by atoms with Crippen molar-refractivity contribution < 1.29 is 0 Å². The number of nitrogens with one attached hydrogen (secondary N) is 1. The zero-order chi connectivity index (χ0) is 10.7. The van der Waals surface area contributed by atoms with Crippen molar-refractivity contribution in [2.45, 2.75) is 4.90 Å². The highest BCUT2D eigenvalue weighted by atomic mass is 79.9. The molecular weight excluding hydrogens is 294 g/mol. The van der Waals surface area contributed by atoms with Gasteiger partial charge < -0.3 is 5.32 Å². The van der Waals surface area contributed by atoms with E-state index in [2.05, 4.69) is 49.8 Å². The van der Waals surface area contributed by atoms with E-state index in [0.717, 1.165) is 14.7 Å². The third-order valence-electron chi connectivity index (χ3n) is 1.72. The first kappa shape index (κ1) is 10.9. The van der Waals surface area contributed by atoms with Crippen molar-refractivity contribution >= 4 is 49.8 Å². The van der Waals surface area contributed by atoms with Gasteiger partial charge in [-0.2, -0.15) is 0 Å². The predicted molar refractivity (Wildman–Crippen MR) is 69.1 cm³/mol. The summed E-state index contributed by atoms with van der Waals surface area (Å²) in [6.45, 7) is 0. The molecular formula is C9H8BrN3S2. The summed E-state index contributed by atoms with van der Waals surface area (Å²) in [6, 6.07) is 8.19. The quantitative estimate of drug-likeness (QED) is 0.876. The Bertz CT molecular complexity index is 458. The predicted octanol–water partition coefficient (Wildman–Crippen LogP) is 3.77. The molecule has 0 radical (unpaired) electrons. The lowest BCUT2D eigenvalue weighted by Crippen LogP contribution is -1.89. The van der Waals surface area contributed by atoms with Gasteiger partial charge in [0.1, 0.15) is 0 Å². The largest absolute Gasteiger partial charge is 0.330 e. The summed E-state index contributed by atoms with van der Waals surface area (Å²) in [7, 11) is 0. The van der Waals surface area contributed by atoms with Gasteiger partial charge in [0.05, 0.1) is 0 Å². The molecule has 0 fully saturated rings. The van der Waals surface area contributed by atoms with Crippen LogP contribution in [0, 0.1) is 0 Å². The molecule has 6 heteroatoms. The van der Waals surface area contributed by atoms with E-state index in [-0.39, 0.29) is 0 Å². The summed E-state index contributed by atoms with van der Waals surface area (Å²) in [5.74, 6) is 0. The summed E-state index contributed by atoms with van der Waals surface area (Å²) in [6.07, 6.45) is 2.06. The Balaban J connectivity index is 2.16. The highest BCUT2D eigenvalue weighted by molar-refractivity contribution is 9.11. The van der Waals surface area contributed by atoms with Crippen LogP contribution in [-0.2, 0) is 0 Å². The van der Waals surface area contributed by atoms with Gasteiger partial charge in [-0.25, -0.2) is 0 Å². The highest BCUT2D eigenvalue weighted by Gasteiger charge is 2.01. The van der Waals surface area contributed by atoms with E-state index in [1.54, 1.807) is 11.8 Å². The van der Waals surface area contributed by atoms with Gasteiger partial charge >= 0.3 is 0 Å². The monoisotopic (exact) mass is 301 g/mol. The van der Waals surface area contributed by atoms with Gasteiger partial charge in [-0.05, 0) is 40.4 Å². The van der Waals surface area contributed by atoms with Crippen LogP contribution in [0.1, 0.15) is 0 Å². The van der Waals surface area contributed by atoms with Gasteiger partial charge in [-0.1, -0.05) is 17.4 Å². The zero-order valence-corrected chi connectivity index (χ0v) is 11.1. The van der Waals surface area contributed by atoms with E-state index < -0.39 is 0 Å². The lowest BCUT2D eigenvalue weighted by Gasteiger charge is -2.02. The number of thioether (sulfide) groups is 1. The van der Waals surface area contributed by atoms with Gasteiger partial charge in [0.25, 0.3) is 0 Å². The van der Waals surface area contributed by atoms with Crippen molar-refractivity contribution in [2.75, 3.05) is 11.6 Å². The Labute approximate surface area is 104 Å². The van der Waals surface area contributed by atoms with Crippen molar-refractivity contribution in [1.82, 2.24) is 10.2 Å². The molecule has 1 aromatic carbocycles. The number of hydrogen-bond donors (Lipinski definition) is 1. The van der Waals surface area contributed by atoms with Crippen LogP contribution in [0.3, 0.4) is 0 Å². The Kier molecular flexibility index (Phi) is 3.61. The SMILES string of the molecule is CSc1cccc(Nc2nnc(Br)s2)c1. The average Bonchev–Trinajstić information content (AvgIpc) is 2.64. The molecule has 1 aromatic heterocycles. The number of hydrogen-bond acceptors (Lipinski definition) is 5. The minimum absolute atomic E-state index is 0.783. The van der Waals surface area contributed by atoms with Crippen molar-refractivity contribution in [3.63, 3.8) is 0 Å². The molecule has 2 rings (SSSR count). The van der Waals surface area contributed by atoms with Crippen LogP contribution < -0.4 is 5.32 Å². The van der Waals surface area contributed by atoms with Crippen LogP contribution in [0.2, 0.25) is 0 Å². The topological polar surface area (TPSA) is 37.8 Å². The van der Waals surface area contributed by atoms with E-state index >= 15 is 0 Å². The molecule has 0 saturated heterocycles. The smallest absolute Gasteiger partial charge is 0.210 e. The molecule has 0 amide bonds. The van der Waals surface area contributed by atoms with Crippen LogP contribution in [0.15, 0.2) is 33.1 Å². The third kappa shape index (κ3) is 2.93. The van der Waals surface area contributed by atoms with Crippen LogP contribution in [0.25, 0.3) is 0 Å². The summed E-state index contributed by atoms with van der Waals surface area (Å²) < 4.78 is 0.783. The second-order valence-electron chi connectivity index (χ2n) is 2.72. The molecule has 0 atom stereocenters. The fraction of sp³-hybridized carbons (Fsp3) is 0.111. The molecule has 0 aliphatic heterocycles. The average molecular weight is 302 g/mol. The Morgan fingerprint density at radius 2 is 2.27 bits per heavy atom. The summed E-state index contributed by atoms with van der Waals surface area (Å²) in [5, 5.41) is 11.8. The molecule has 0 unspecified atom stereocenters.